The molecule has 0 radical (unpaired) electrons. The van der Waals surface area contributed by atoms with Gasteiger partial charge in [0, 0.05) is 34.7 Å². The molecule has 0 aromatic rings. The number of hydrogen-bond donors (Lipinski definition) is 2. The Morgan fingerprint density at radius 2 is 1.95 bits per heavy atom. The minimum Gasteiger partial charge on any atom is -0.375 e. The number of rotatable bonds is 3. The highest BCUT2D eigenvalue weighted by atomic mass is 32.2. The van der Waals surface area contributed by atoms with E-state index in [4.69, 9.17) is 10.6 Å². The maximum absolute atomic E-state index is 6.25. The zero-order chi connectivity index (χ0) is 14.7. The van der Waals surface area contributed by atoms with Gasteiger partial charge in [-0.3, -0.25) is 11.3 Å². The molecule has 6 heteroatoms. The summed E-state index contributed by atoms with van der Waals surface area (Å²) < 4.78 is 6.25. The van der Waals surface area contributed by atoms with Gasteiger partial charge in [-0.2, -0.15) is 35.3 Å². The lowest BCUT2D eigenvalue weighted by Gasteiger charge is -2.47. The summed E-state index contributed by atoms with van der Waals surface area (Å²) >= 11 is 6.31. The Morgan fingerprint density at radius 3 is 2.67 bits per heavy atom. The van der Waals surface area contributed by atoms with Gasteiger partial charge in [0.2, 0.25) is 0 Å². The van der Waals surface area contributed by atoms with Crippen LogP contribution < -0.4 is 11.3 Å². The smallest absolute Gasteiger partial charge is 0.0701 e. The fourth-order valence-electron chi connectivity index (χ4n) is 4.01. The van der Waals surface area contributed by atoms with Gasteiger partial charge in [-0.05, 0) is 43.1 Å². The molecule has 3 N–H and O–H groups in total. The van der Waals surface area contributed by atoms with E-state index in [0.717, 1.165) is 13.0 Å². The Morgan fingerprint density at radius 1 is 1.19 bits per heavy atom. The SMILES string of the molecule is CC1SCCSC1C(NN)C1CCOC2(CCSCC2)C1. The molecule has 3 saturated heterocycles. The first-order valence-electron chi connectivity index (χ1n) is 8.15. The van der Waals surface area contributed by atoms with Crippen LogP contribution in [0.25, 0.3) is 0 Å². The zero-order valence-electron chi connectivity index (χ0n) is 12.9. The van der Waals surface area contributed by atoms with E-state index in [1.165, 1.54) is 42.3 Å². The lowest BCUT2D eigenvalue weighted by molar-refractivity contribution is -0.107. The largest absolute Gasteiger partial charge is 0.375 e. The van der Waals surface area contributed by atoms with Crippen molar-refractivity contribution in [2.75, 3.05) is 29.6 Å². The van der Waals surface area contributed by atoms with E-state index >= 15 is 0 Å². The van der Waals surface area contributed by atoms with Crippen LogP contribution in [0.2, 0.25) is 0 Å². The van der Waals surface area contributed by atoms with Crippen molar-refractivity contribution in [1.29, 1.82) is 0 Å². The standard InChI is InChI=1S/C15H28N2OS3/c1-11-14(21-9-8-20-11)13(17-16)12-2-5-18-15(10-12)3-6-19-7-4-15/h11-14,17H,2-10,16H2,1H3. The highest BCUT2D eigenvalue weighted by Crippen LogP contribution is 2.43. The third kappa shape index (κ3) is 3.89. The molecule has 0 aromatic carbocycles. The zero-order valence-corrected chi connectivity index (χ0v) is 15.3. The highest BCUT2D eigenvalue weighted by Gasteiger charge is 2.43. The molecule has 3 rings (SSSR count). The predicted octanol–water partition coefficient (Wildman–Crippen LogP) is 2.75. The quantitative estimate of drug-likeness (QED) is 0.604. The third-order valence-electron chi connectivity index (χ3n) is 5.23. The fraction of sp³-hybridized carbons (Fsp3) is 1.00. The maximum atomic E-state index is 6.25. The van der Waals surface area contributed by atoms with Gasteiger partial charge in [-0.25, -0.2) is 0 Å². The molecular weight excluding hydrogens is 320 g/mol. The van der Waals surface area contributed by atoms with Gasteiger partial charge >= 0.3 is 0 Å². The van der Waals surface area contributed by atoms with Crippen LogP contribution in [0.4, 0.5) is 0 Å². The van der Waals surface area contributed by atoms with Gasteiger partial charge in [-0.1, -0.05) is 6.92 Å². The van der Waals surface area contributed by atoms with E-state index in [-0.39, 0.29) is 5.60 Å². The lowest BCUT2D eigenvalue weighted by atomic mass is 9.77. The number of nitrogens with two attached hydrogens (primary N) is 1. The van der Waals surface area contributed by atoms with Gasteiger partial charge in [0.25, 0.3) is 0 Å². The fourth-order valence-corrected chi connectivity index (χ4v) is 8.27. The average Bonchev–Trinajstić information content (AvgIpc) is 2.51. The molecule has 21 heavy (non-hydrogen) atoms. The first-order chi connectivity index (χ1) is 10.2. The molecule has 0 saturated carbocycles. The molecule has 3 aliphatic rings. The van der Waals surface area contributed by atoms with Crippen molar-refractivity contribution >= 4 is 35.3 Å². The first-order valence-corrected chi connectivity index (χ1v) is 11.4. The summed E-state index contributed by atoms with van der Waals surface area (Å²) in [7, 11) is 0. The monoisotopic (exact) mass is 348 g/mol. The second-order valence-electron chi connectivity index (χ2n) is 6.50. The Hall–Kier alpha value is 0.930. The summed E-state index contributed by atoms with van der Waals surface area (Å²) in [5, 5.41) is 1.34. The van der Waals surface area contributed by atoms with Crippen LogP contribution in [0.1, 0.15) is 32.6 Å². The minimum atomic E-state index is 0.166. The molecule has 0 bridgehead atoms. The molecule has 1 spiro atoms. The molecule has 4 unspecified atom stereocenters. The summed E-state index contributed by atoms with van der Waals surface area (Å²) in [6.07, 6.45) is 4.83. The molecule has 0 amide bonds. The summed E-state index contributed by atoms with van der Waals surface area (Å²) in [5.41, 5.74) is 3.36. The van der Waals surface area contributed by atoms with Crippen LogP contribution in [-0.4, -0.2) is 51.8 Å². The molecule has 0 aromatic heterocycles. The van der Waals surface area contributed by atoms with Crippen LogP contribution in [0, 0.1) is 5.92 Å². The van der Waals surface area contributed by atoms with Gasteiger partial charge in [0.15, 0.2) is 0 Å². The van der Waals surface area contributed by atoms with E-state index < -0.39 is 0 Å². The Labute approximate surface area is 141 Å². The average molecular weight is 349 g/mol. The van der Waals surface area contributed by atoms with Crippen molar-refractivity contribution in [3.05, 3.63) is 0 Å². The number of ether oxygens (including phenoxy) is 1. The summed E-state index contributed by atoms with van der Waals surface area (Å²) in [6.45, 7) is 3.30. The van der Waals surface area contributed by atoms with E-state index in [9.17, 15) is 0 Å². The van der Waals surface area contributed by atoms with E-state index in [1.54, 1.807) is 0 Å². The lowest BCUT2D eigenvalue weighted by Crippen LogP contribution is -2.55. The third-order valence-corrected chi connectivity index (χ3v) is 9.43. The Balaban J connectivity index is 1.68. The van der Waals surface area contributed by atoms with Gasteiger partial charge < -0.3 is 4.74 Å². The van der Waals surface area contributed by atoms with E-state index in [1.807, 2.05) is 0 Å². The van der Waals surface area contributed by atoms with E-state index in [2.05, 4.69) is 47.6 Å². The van der Waals surface area contributed by atoms with Crippen molar-refractivity contribution < 1.29 is 4.74 Å². The molecule has 122 valence electrons. The molecule has 3 fully saturated rings. The molecule has 3 heterocycles. The molecular formula is C15H28N2OS3. The van der Waals surface area contributed by atoms with Crippen LogP contribution in [0.15, 0.2) is 0 Å². The summed E-state index contributed by atoms with van der Waals surface area (Å²) in [6, 6.07) is 0.438. The molecule has 0 aliphatic carbocycles. The minimum absolute atomic E-state index is 0.166. The van der Waals surface area contributed by atoms with Crippen molar-refractivity contribution in [1.82, 2.24) is 5.43 Å². The number of thioether (sulfide) groups is 3. The number of hydrogen-bond acceptors (Lipinski definition) is 6. The Kier molecular flexibility index (Phi) is 6.12. The second-order valence-corrected chi connectivity index (χ2v) is 10.5. The van der Waals surface area contributed by atoms with Crippen LogP contribution >= 0.6 is 35.3 Å². The van der Waals surface area contributed by atoms with Crippen molar-refractivity contribution in [2.45, 2.75) is 54.7 Å². The van der Waals surface area contributed by atoms with Crippen molar-refractivity contribution in [2.24, 2.45) is 11.8 Å². The second kappa shape index (κ2) is 7.67. The summed E-state index contributed by atoms with van der Waals surface area (Å²) in [4.78, 5) is 0. The van der Waals surface area contributed by atoms with Crippen LogP contribution in [0.5, 0.6) is 0 Å². The molecule has 3 nitrogen and oxygen atoms in total. The number of nitrogens with one attached hydrogen (secondary N) is 1. The van der Waals surface area contributed by atoms with Crippen molar-refractivity contribution in [3.63, 3.8) is 0 Å². The number of hydrazine groups is 1. The van der Waals surface area contributed by atoms with Gasteiger partial charge in [0.05, 0.1) is 5.60 Å². The Bertz CT molecular complexity index is 333. The van der Waals surface area contributed by atoms with Gasteiger partial charge in [-0.15, -0.1) is 0 Å². The van der Waals surface area contributed by atoms with Crippen LogP contribution in [-0.2, 0) is 4.74 Å². The molecule has 3 aliphatic heterocycles. The van der Waals surface area contributed by atoms with Gasteiger partial charge in [0.1, 0.15) is 0 Å². The summed E-state index contributed by atoms with van der Waals surface area (Å²) in [5.74, 6) is 11.7. The van der Waals surface area contributed by atoms with Crippen LogP contribution in [0.3, 0.4) is 0 Å². The first kappa shape index (κ1) is 16.8. The maximum Gasteiger partial charge on any atom is 0.0701 e. The normalized spacial score (nSPS) is 38.3. The van der Waals surface area contributed by atoms with Crippen molar-refractivity contribution in [3.8, 4) is 0 Å². The topological polar surface area (TPSA) is 47.3 Å². The highest BCUT2D eigenvalue weighted by molar-refractivity contribution is 8.07. The predicted molar refractivity (Wildman–Crippen MR) is 97.2 cm³/mol. The molecule has 4 atom stereocenters. The van der Waals surface area contributed by atoms with E-state index in [0.29, 0.717) is 22.5 Å².